The molecule has 0 aliphatic heterocycles. The molecule has 0 fully saturated rings. The van der Waals surface area contributed by atoms with Gasteiger partial charge in [0.2, 0.25) is 5.91 Å². The Morgan fingerprint density at radius 3 is 2.71 bits per heavy atom. The van der Waals surface area contributed by atoms with Crippen LogP contribution in [0.1, 0.15) is 37.6 Å². The molecule has 1 N–H and O–H groups in total. The maximum atomic E-state index is 12.6. The van der Waals surface area contributed by atoms with Gasteiger partial charge in [-0.15, -0.1) is 0 Å². The minimum Gasteiger partial charge on any atom is -0.348 e. The maximum Gasteiger partial charge on any atom is 0.230 e. The van der Waals surface area contributed by atoms with Gasteiger partial charge < -0.3 is 5.32 Å². The largest absolute Gasteiger partial charge is 0.348 e. The van der Waals surface area contributed by atoms with E-state index in [-0.39, 0.29) is 17.4 Å². The number of benzene rings is 1. The van der Waals surface area contributed by atoms with Crippen LogP contribution in [0.15, 0.2) is 60.1 Å². The average Bonchev–Trinajstić information content (AvgIpc) is 3.10. The topological polar surface area (TPSA) is 72.7 Å². The second-order valence-corrected chi connectivity index (χ2v) is 8.72. The third-order valence-electron chi connectivity index (χ3n) is 4.89. The number of nitrogens with one attached hydrogen (secondary N) is 1. The molecule has 144 valence electrons. The van der Waals surface area contributed by atoms with Crippen molar-refractivity contribution in [2.45, 2.75) is 37.9 Å². The summed E-state index contributed by atoms with van der Waals surface area (Å²) < 4.78 is 2.00. The van der Waals surface area contributed by atoms with Crippen molar-refractivity contribution in [1.82, 2.24) is 25.1 Å². The number of thioether (sulfide) groups is 1. The molecule has 3 aromatic rings. The molecule has 0 saturated heterocycles. The smallest absolute Gasteiger partial charge is 0.230 e. The van der Waals surface area contributed by atoms with Gasteiger partial charge in [0.05, 0.1) is 29.4 Å². The maximum absolute atomic E-state index is 12.6. The van der Waals surface area contributed by atoms with Crippen LogP contribution in [-0.4, -0.2) is 31.4 Å². The van der Waals surface area contributed by atoms with E-state index < -0.39 is 0 Å². The van der Waals surface area contributed by atoms with Crippen molar-refractivity contribution >= 4 is 17.7 Å². The molecule has 1 aliphatic rings. The first-order valence-corrected chi connectivity index (χ1v) is 10.3. The number of para-hydroxylation sites is 1. The molecule has 0 radical (unpaired) electrons. The summed E-state index contributed by atoms with van der Waals surface area (Å²) in [5.74, 6) is 0.280. The molecular formula is C21H23N5OS. The average molecular weight is 394 g/mol. The Bertz CT molecular complexity index is 955. The van der Waals surface area contributed by atoms with Crippen molar-refractivity contribution in [2.24, 2.45) is 5.41 Å². The molecule has 28 heavy (non-hydrogen) atoms. The Morgan fingerprint density at radius 1 is 1.21 bits per heavy atom. The lowest BCUT2D eigenvalue weighted by atomic mass is 9.74. The van der Waals surface area contributed by atoms with Crippen molar-refractivity contribution in [3.63, 3.8) is 0 Å². The summed E-state index contributed by atoms with van der Waals surface area (Å²) in [6.45, 7) is 4.48. The van der Waals surface area contributed by atoms with E-state index in [2.05, 4.69) is 46.4 Å². The molecule has 1 amide bonds. The van der Waals surface area contributed by atoms with Crippen molar-refractivity contribution in [3.8, 4) is 5.69 Å². The lowest BCUT2D eigenvalue weighted by Gasteiger charge is -2.36. The molecule has 1 aromatic carbocycles. The van der Waals surface area contributed by atoms with E-state index in [0.29, 0.717) is 10.9 Å². The lowest BCUT2D eigenvalue weighted by molar-refractivity contribution is -0.119. The quantitative estimate of drug-likeness (QED) is 0.530. The fraction of sp³-hybridized carbons (Fsp3) is 0.333. The number of hydrogen-bond acceptors (Lipinski definition) is 5. The van der Waals surface area contributed by atoms with Gasteiger partial charge in [0.1, 0.15) is 0 Å². The van der Waals surface area contributed by atoms with Crippen molar-refractivity contribution in [2.75, 3.05) is 5.75 Å². The summed E-state index contributed by atoms with van der Waals surface area (Å²) in [5, 5.41) is 8.43. The summed E-state index contributed by atoms with van der Waals surface area (Å²) in [5.41, 5.74) is 3.40. The molecular weight excluding hydrogens is 370 g/mol. The molecule has 7 heteroatoms. The number of aromatic nitrogens is 4. The highest BCUT2D eigenvalue weighted by Gasteiger charge is 2.36. The molecule has 2 heterocycles. The summed E-state index contributed by atoms with van der Waals surface area (Å²) in [6.07, 6.45) is 7.08. The van der Waals surface area contributed by atoms with E-state index in [9.17, 15) is 4.79 Å². The Morgan fingerprint density at radius 2 is 1.96 bits per heavy atom. The Hall–Kier alpha value is -2.67. The first-order chi connectivity index (χ1) is 13.5. The minimum absolute atomic E-state index is 0.0152. The summed E-state index contributed by atoms with van der Waals surface area (Å²) >= 11 is 1.35. The third kappa shape index (κ3) is 4.09. The molecule has 0 bridgehead atoms. The highest BCUT2D eigenvalue weighted by atomic mass is 32.2. The van der Waals surface area contributed by atoms with Crippen LogP contribution >= 0.6 is 11.8 Å². The number of carbonyl (C=O) groups is 1. The van der Waals surface area contributed by atoms with Crippen LogP contribution in [0.5, 0.6) is 0 Å². The Balaban J connectivity index is 1.52. The van der Waals surface area contributed by atoms with Gasteiger partial charge >= 0.3 is 0 Å². The van der Waals surface area contributed by atoms with Crippen LogP contribution in [0.25, 0.3) is 5.69 Å². The Labute approximate surface area is 168 Å². The molecule has 6 nitrogen and oxygen atoms in total. The normalized spacial score (nSPS) is 17.7. The van der Waals surface area contributed by atoms with Gasteiger partial charge in [-0.2, -0.15) is 5.10 Å². The van der Waals surface area contributed by atoms with Crippen molar-refractivity contribution in [3.05, 3.63) is 66.2 Å². The minimum atomic E-state index is -0.0407. The highest BCUT2D eigenvalue weighted by molar-refractivity contribution is 7.99. The lowest BCUT2D eigenvalue weighted by Crippen LogP contribution is -2.37. The molecule has 0 spiro atoms. The predicted octanol–water partition coefficient (Wildman–Crippen LogP) is 3.58. The molecule has 2 aromatic heterocycles. The monoisotopic (exact) mass is 393 g/mol. The number of nitrogens with zero attached hydrogens (tertiary/aromatic N) is 4. The molecule has 4 rings (SSSR count). The number of amides is 1. The van der Waals surface area contributed by atoms with Crippen LogP contribution < -0.4 is 5.32 Å². The fourth-order valence-electron chi connectivity index (χ4n) is 3.69. The van der Waals surface area contributed by atoms with Crippen LogP contribution in [0, 0.1) is 5.41 Å². The Kier molecular flexibility index (Phi) is 5.17. The summed E-state index contributed by atoms with van der Waals surface area (Å²) in [4.78, 5) is 20.9. The van der Waals surface area contributed by atoms with E-state index in [0.717, 1.165) is 24.1 Å². The fourth-order valence-corrected chi connectivity index (χ4v) is 4.30. The molecule has 1 aliphatic carbocycles. The number of rotatable bonds is 5. The van der Waals surface area contributed by atoms with Gasteiger partial charge in [-0.1, -0.05) is 43.8 Å². The number of carbonyl (C=O) groups excluding carboxylic acids is 1. The van der Waals surface area contributed by atoms with E-state index in [1.54, 1.807) is 18.5 Å². The van der Waals surface area contributed by atoms with Gasteiger partial charge in [-0.05, 0) is 36.5 Å². The second-order valence-electron chi connectivity index (χ2n) is 7.78. The third-order valence-corrected chi connectivity index (χ3v) is 5.77. The van der Waals surface area contributed by atoms with Gasteiger partial charge in [-0.25, -0.2) is 14.6 Å². The summed E-state index contributed by atoms with van der Waals surface area (Å²) in [7, 11) is 0. The predicted molar refractivity (Wildman–Crippen MR) is 109 cm³/mol. The number of fused-ring (bicyclic) bond motifs is 1. The van der Waals surface area contributed by atoms with Crippen LogP contribution in [0.2, 0.25) is 0 Å². The van der Waals surface area contributed by atoms with Gasteiger partial charge in [0.15, 0.2) is 5.16 Å². The molecule has 0 saturated carbocycles. The van der Waals surface area contributed by atoms with Crippen LogP contribution in [0.3, 0.4) is 0 Å². The van der Waals surface area contributed by atoms with Gasteiger partial charge in [0, 0.05) is 18.0 Å². The van der Waals surface area contributed by atoms with E-state index in [1.807, 2.05) is 29.1 Å². The first-order valence-electron chi connectivity index (χ1n) is 9.33. The van der Waals surface area contributed by atoms with E-state index in [4.69, 9.17) is 0 Å². The van der Waals surface area contributed by atoms with Gasteiger partial charge in [-0.3, -0.25) is 4.79 Å². The zero-order valence-corrected chi connectivity index (χ0v) is 16.8. The zero-order valence-electron chi connectivity index (χ0n) is 16.0. The summed E-state index contributed by atoms with van der Waals surface area (Å²) in [6, 6.07) is 11.9. The number of hydrogen-bond donors (Lipinski definition) is 1. The van der Waals surface area contributed by atoms with E-state index >= 15 is 0 Å². The van der Waals surface area contributed by atoms with Gasteiger partial charge in [0.25, 0.3) is 0 Å². The van der Waals surface area contributed by atoms with Crippen LogP contribution in [0.4, 0.5) is 0 Å². The first kappa shape index (κ1) is 18.7. The van der Waals surface area contributed by atoms with E-state index in [1.165, 1.54) is 17.5 Å². The SMILES string of the molecule is CC1(C)Cc2c(cnn2-c2ccccc2)[C@H](NC(=O)CSc2ncccn2)C1. The van der Waals surface area contributed by atoms with Crippen molar-refractivity contribution < 1.29 is 4.79 Å². The van der Waals surface area contributed by atoms with Crippen molar-refractivity contribution in [1.29, 1.82) is 0 Å². The van der Waals surface area contributed by atoms with Crippen LogP contribution in [-0.2, 0) is 11.2 Å². The molecule has 0 unspecified atom stereocenters. The molecule has 1 atom stereocenters. The second kappa shape index (κ2) is 7.75. The zero-order chi connectivity index (χ0) is 19.6. The standard InChI is InChI=1S/C21H23N5OS/c1-21(2)11-17(25-19(27)14-28-20-22-9-6-10-23-20)16-13-24-26(18(16)12-21)15-7-4-3-5-8-15/h3-10,13,17H,11-12,14H2,1-2H3,(H,25,27)/t17-/m1/s1. The highest BCUT2D eigenvalue weighted by Crippen LogP contribution is 2.41.